The summed E-state index contributed by atoms with van der Waals surface area (Å²) in [5, 5.41) is 5.87. The van der Waals surface area contributed by atoms with Crippen molar-refractivity contribution in [2.75, 3.05) is 0 Å². The summed E-state index contributed by atoms with van der Waals surface area (Å²) < 4.78 is 7.05. The number of hydrogen-bond donors (Lipinski definition) is 0. The van der Waals surface area contributed by atoms with E-state index in [1.54, 1.807) is 22.8 Å². The molecule has 0 spiro atoms. The molecule has 0 aliphatic rings. The molecule has 2 aromatic heterocycles. The van der Waals surface area contributed by atoms with Gasteiger partial charge in [-0.05, 0) is 38.1 Å². The molecule has 0 bridgehead atoms. The molecule has 4 rings (SSSR count). The van der Waals surface area contributed by atoms with Crippen LogP contribution in [-0.4, -0.2) is 19.7 Å². The maximum absolute atomic E-state index is 12.9. The van der Waals surface area contributed by atoms with Crippen LogP contribution in [0, 0.1) is 0 Å². The van der Waals surface area contributed by atoms with Gasteiger partial charge < -0.3 is 4.52 Å². The Morgan fingerprint density at radius 2 is 1.96 bits per heavy atom. The summed E-state index contributed by atoms with van der Waals surface area (Å²) in [4.78, 5) is 22.0. The van der Waals surface area contributed by atoms with Crippen molar-refractivity contribution in [3.63, 3.8) is 0 Å². The van der Waals surface area contributed by atoms with Crippen molar-refractivity contribution < 1.29 is 4.52 Å². The number of benzene rings is 2. The molecular weight excluding hydrogens is 396 g/mol. The number of para-hydroxylation sites is 1. The Bertz CT molecular complexity index is 1200. The standard InChI is InChI=1S/C20H17ClN4O2S/c1-12(2)25-19(26)15-8-3-4-9-16(15)22-20(25)28-11-17-23-18(24-27-17)13-6-5-7-14(21)10-13/h3-10,12H,11H2,1-2H3. The quantitative estimate of drug-likeness (QED) is 0.340. The van der Waals surface area contributed by atoms with Crippen molar-refractivity contribution in [3.05, 3.63) is 69.8 Å². The Morgan fingerprint density at radius 3 is 2.75 bits per heavy atom. The number of rotatable bonds is 5. The summed E-state index contributed by atoms with van der Waals surface area (Å²) in [5.41, 5.74) is 1.42. The van der Waals surface area contributed by atoms with Gasteiger partial charge in [-0.25, -0.2) is 4.98 Å². The van der Waals surface area contributed by atoms with Crippen LogP contribution in [-0.2, 0) is 5.75 Å². The average molecular weight is 413 g/mol. The molecule has 2 heterocycles. The molecule has 0 radical (unpaired) electrons. The first kappa shape index (κ1) is 18.7. The van der Waals surface area contributed by atoms with E-state index in [9.17, 15) is 4.79 Å². The Kier molecular flexibility index (Phi) is 5.19. The maximum atomic E-state index is 12.9. The van der Waals surface area contributed by atoms with E-state index in [1.165, 1.54) is 11.8 Å². The van der Waals surface area contributed by atoms with Crippen LogP contribution in [0.3, 0.4) is 0 Å². The van der Waals surface area contributed by atoms with Gasteiger partial charge in [0, 0.05) is 16.6 Å². The van der Waals surface area contributed by atoms with Gasteiger partial charge in [-0.15, -0.1) is 0 Å². The molecule has 142 valence electrons. The molecule has 2 aromatic carbocycles. The van der Waals surface area contributed by atoms with Crippen LogP contribution >= 0.6 is 23.4 Å². The Labute approximate surface area is 170 Å². The lowest BCUT2D eigenvalue weighted by Gasteiger charge is -2.15. The van der Waals surface area contributed by atoms with Crippen LogP contribution in [0.2, 0.25) is 5.02 Å². The molecule has 0 aliphatic carbocycles. The van der Waals surface area contributed by atoms with Crippen molar-refractivity contribution in [1.82, 2.24) is 19.7 Å². The number of hydrogen-bond acceptors (Lipinski definition) is 6. The first-order valence-corrected chi connectivity index (χ1v) is 10.1. The number of aromatic nitrogens is 4. The molecule has 0 atom stereocenters. The monoisotopic (exact) mass is 412 g/mol. The van der Waals surface area contributed by atoms with E-state index in [0.29, 0.717) is 38.5 Å². The van der Waals surface area contributed by atoms with Gasteiger partial charge in [0.15, 0.2) is 5.16 Å². The third-order valence-corrected chi connectivity index (χ3v) is 5.34. The van der Waals surface area contributed by atoms with E-state index in [2.05, 4.69) is 15.1 Å². The highest BCUT2D eigenvalue weighted by atomic mass is 35.5. The number of halogens is 1. The number of nitrogens with zero attached hydrogens (tertiary/aromatic N) is 4. The van der Waals surface area contributed by atoms with E-state index >= 15 is 0 Å². The lowest BCUT2D eigenvalue weighted by Crippen LogP contribution is -2.25. The van der Waals surface area contributed by atoms with Crippen LogP contribution in [0.1, 0.15) is 25.8 Å². The lowest BCUT2D eigenvalue weighted by atomic mass is 10.2. The minimum atomic E-state index is -0.0479. The van der Waals surface area contributed by atoms with Crippen molar-refractivity contribution in [2.45, 2.75) is 30.8 Å². The fourth-order valence-corrected chi connectivity index (χ4v) is 4.02. The van der Waals surface area contributed by atoms with Gasteiger partial charge in [-0.1, -0.05) is 52.8 Å². The van der Waals surface area contributed by atoms with Gasteiger partial charge in [-0.3, -0.25) is 9.36 Å². The van der Waals surface area contributed by atoms with E-state index in [1.807, 2.05) is 44.2 Å². The zero-order valence-corrected chi connectivity index (χ0v) is 16.9. The van der Waals surface area contributed by atoms with Crippen LogP contribution in [0.15, 0.2) is 63.0 Å². The zero-order chi connectivity index (χ0) is 19.7. The van der Waals surface area contributed by atoms with E-state index in [4.69, 9.17) is 16.1 Å². The van der Waals surface area contributed by atoms with Crippen LogP contribution < -0.4 is 5.56 Å². The molecule has 0 saturated carbocycles. The number of fused-ring (bicyclic) bond motifs is 1. The van der Waals surface area contributed by atoms with Crippen molar-refractivity contribution in [3.8, 4) is 11.4 Å². The third-order valence-electron chi connectivity index (χ3n) is 4.17. The molecule has 0 saturated heterocycles. The summed E-state index contributed by atoms with van der Waals surface area (Å²) in [6, 6.07) is 14.6. The Balaban J connectivity index is 1.63. The topological polar surface area (TPSA) is 73.8 Å². The predicted octanol–water partition coefficient (Wildman–Crippen LogP) is 4.97. The largest absolute Gasteiger partial charge is 0.338 e. The Hall–Kier alpha value is -2.64. The smallest absolute Gasteiger partial charge is 0.262 e. The summed E-state index contributed by atoms with van der Waals surface area (Å²) >= 11 is 7.42. The van der Waals surface area contributed by atoms with Gasteiger partial charge >= 0.3 is 0 Å². The number of thioether (sulfide) groups is 1. The molecule has 6 nitrogen and oxygen atoms in total. The van der Waals surface area contributed by atoms with Crippen molar-refractivity contribution in [2.24, 2.45) is 0 Å². The lowest BCUT2D eigenvalue weighted by molar-refractivity contribution is 0.391. The highest BCUT2D eigenvalue weighted by Crippen LogP contribution is 2.25. The molecular formula is C20H17ClN4O2S. The zero-order valence-electron chi connectivity index (χ0n) is 15.3. The van der Waals surface area contributed by atoms with Crippen LogP contribution in [0.5, 0.6) is 0 Å². The summed E-state index contributed by atoms with van der Waals surface area (Å²) in [6.45, 7) is 3.93. The summed E-state index contributed by atoms with van der Waals surface area (Å²) in [5.74, 6) is 1.34. The van der Waals surface area contributed by atoms with Gasteiger partial charge in [0.05, 0.1) is 16.7 Å². The normalized spacial score (nSPS) is 11.4. The molecule has 0 unspecified atom stereocenters. The van der Waals surface area contributed by atoms with Crippen LogP contribution in [0.25, 0.3) is 22.3 Å². The Morgan fingerprint density at radius 1 is 1.14 bits per heavy atom. The second kappa shape index (κ2) is 7.77. The fourth-order valence-electron chi connectivity index (χ4n) is 2.87. The molecule has 0 fully saturated rings. The first-order valence-electron chi connectivity index (χ1n) is 8.75. The van der Waals surface area contributed by atoms with Gasteiger partial charge in [0.1, 0.15) is 0 Å². The second-order valence-corrected chi connectivity index (χ2v) is 7.87. The highest BCUT2D eigenvalue weighted by molar-refractivity contribution is 7.98. The van der Waals surface area contributed by atoms with Crippen molar-refractivity contribution >= 4 is 34.3 Å². The maximum Gasteiger partial charge on any atom is 0.262 e. The van der Waals surface area contributed by atoms with Gasteiger partial charge in [0.2, 0.25) is 11.7 Å². The van der Waals surface area contributed by atoms with E-state index in [-0.39, 0.29) is 11.6 Å². The first-order chi connectivity index (χ1) is 13.5. The van der Waals surface area contributed by atoms with E-state index in [0.717, 1.165) is 5.56 Å². The van der Waals surface area contributed by atoms with Gasteiger partial charge in [0.25, 0.3) is 5.56 Å². The summed E-state index contributed by atoms with van der Waals surface area (Å²) in [7, 11) is 0. The molecule has 0 N–H and O–H groups in total. The second-order valence-electron chi connectivity index (χ2n) is 6.49. The average Bonchev–Trinajstić information content (AvgIpc) is 3.15. The van der Waals surface area contributed by atoms with Crippen molar-refractivity contribution in [1.29, 1.82) is 0 Å². The van der Waals surface area contributed by atoms with E-state index < -0.39 is 0 Å². The molecule has 28 heavy (non-hydrogen) atoms. The summed E-state index contributed by atoms with van der Waals surface area (Å²) in [6.07, 6.45) is 0. The minimum Gasteiger partial charge on any atom is -0.338 e. The fraction of sp³-hybridized carbons (Fsp3) is 0.200. The predicted molar refractivity (Wildman–Crippen MR) is 111 cm³/mol. The highest BCUT2D eigenvalue weighted by Gasteiger charge is 2.16. The van der Waals surface area contributed by atoms with Gasteiger partial charge in [-0.2, -0.15) is 4.98 Å². The van der Waals surface area contributed by atoms with Crippen LogP contribution in [0.4, 0.5) is 0 Å². The minimum absolute atomic E-state index is 0.0168. The third kappa shape index (κ3) is 3.68. The molecule has 4 aromatic rings. The molecule has 8 heteroatoms. The SMILES string of the molecule is CC(C)n1c(SCc2nc(-c3cccc(Cl)c3)no2)nc2ccccc2c1=O. The molecule has 0 aliphatic heterocycles. The molecule has 0 amide bonds.